The SMILES string of the molecule is COC(=O)C(C)(N)COC(C)(C)C. The quantitative estimate of drug-likeness (QED) is 0.663. The van der Waals surface area contributed by atoms with Crippen LogP contribution in [-0.2, 0) is 14.3 Å². The van der Waals surface area contributed by atoms with Crippen LogP contribution in [0.1, 0.15) is 27.7 Å². The molecule has 0 saturated heterocycles. The highest BCUT2D eigenvalue weighted by Crippen LogP contribution is 2.11. The lowest BCUT2D eigenvalue weighted by atomic mass is 10.1. The zero-order valence-corrected chi connectivity index (χ0v) is 9.01. The minimum absolute atomic E-state index is 0.156. The van der Waals surface area contributed by atoms with Gasteiger partial charge in [0.1, 0.15) is 5.54 Å². The summed E-state index contributed by atoms with van der Waals surface area (Å²) in [5.41, 5.74) is 4.31. The van der Waals surface area contributed by atoms with Crippen molar-refractivity contribution in [2.75, 3.05) is 13.7 Å². The predicted octanol–water partition coefficient (Wildman–Crippen LogP) is 0.692. The summed E-state index contributed by atoms with van der Waals surface area (Å²) < 4.78 is 9.93. The second-order valence-electron chi connectivity index (χ2n) is 4.31. The summed E-state index contributed by atoms with van der Waals surface area (Å²) in [6.07, 6.45) is 0. The monoisotopic (exact) mass is 189 g/mol. The van der Waals surface area contributed by atoms with Crippen LogP contribution in [0.3, 0.4) is 0 Å². The van der Waals surface area contributed by atoms with Crippen molar-refractivity contribution >= 4 is 5.97 Å². The van der Waals surface area contributed by atoms with Gasteiger partial charge in [-0.1, -0.05) is 0 Å². The maximum absolute atomic E-state index is 11.1. The van der Waals surface area contributed by atoms with Gasteiger partial charge in [-0.3, -0.25) is 0 Å². The minimum Gasteiger partial charge on any atom is -0.468 e. The first-order valence-corrected chi connectivity index (χ1v) is 4.20. The Labute approximate surface area is 79.4 Å². The molecule has 0 aromatic carbocycles. The zero-order valence-electron chi connectivity index (χ0n) is 9.01. The molecule has 0 rings (SSSR count). The average molecular weight is 189 g/mol. The van der Waals surface area contributed by atoms with E-state index in [-0.39, 0.29) is 12.2 Å². The van der Waals surface area contributed by atoms with Crippen molar-refractivity contribution in [3.8, 4) is 0 Å². The lowest BCUT2D eigenvalue weighted by Gasteiger charge is -2.27. The molecule has 1 unspecified atom stereocenters. The van der Waals surface area contributed by atoms with Crippen LogP contribution in [0, 0.1) is 0 Å². The normalized spacial score (nSPS) is 16.5. The third kappa shape index (κ3) is 4.85. The number of carbonyl (C=O) groups is 1. The number of ether oxygens (including phenoxy) is 2. The molecule has 78 valence electrons. The molecule has 13 heavy (non-hydrogen) atoms. The molecule has 0 aliphatic heterocycles. The van der Waals surface area contributed by atoms with Gasteiger partial charge in [-0.15, -0.1) is 0 Å². The number of hydrogen-bond acceptors (Lipinski definition) is 4. The molecule has 0 saturated carbocycles. The molecule has 2 N–H and O–H groups in total. The van der Waals surface area contributed by atoms with Gasteiger partial charge in [-0.05, 0) is 27.7 Å². The molecule has 0 aliphatic carbocycles. The molecule has 0 aliphatic rings. The van der Waals surface area contributed by atoms with Crippen LogP contribution in [0.2, 0.25) is 0 Å². The summed E-state index contributed by atoms with van der Waals surface area (Å²) in [6, 6.07) is 0. The molecule has 4 heteroatoms. The standard InChI is InChI=1S/C9H19NO3/c1-8(2,3)13-6-9(4,10)7(11)12-5/h6,10H2,1-5H3. The fraction of sp³-hybridized carbons (Fsp3) is 0.889. The van der Waals surface area contributed by atoms with E-state index in [0.29, 0.717) is 0 Å². The van der Waals surface area contributed by atoms with E-state index in [1.54, 1.807) is 6.92 Å². The number of nitrogens with two attached hydrogens (primary N) is 1. The first-order chi connectivity index (χ1) is 5.69. The Kier molecular flexibility index (Phi) is 3.88. The number of carbonyl (C=O) groups excluding carboxylic acids is 1. The van der Waals surface area contributed by atoms with Gasteiger partial charge in [0, 0.05) is 0 Å². The Morgan fingerprint density at radius 2 is 1.77 bits per heavy atom. The van der Waals surface area contributed by atoms with Crippen LogP contribution in [0.25, 0.3) is 0 Å². The van der Waals surface area contributed by atoms with E-state index in [0.717, 1.165) is 0 Å². The molecule has 0 aromatic heterocycles. The largest absolute Gasteiger partial charge is 0.468 e. The maximum atomic E-state index is 11.1. The number of esters is 1. The van der Waals surface area contributed by atoms with Gasteiger partial charge in [-0.25, -0.2) is 4.79 Å². The van der Waals surface area contributed by atoms with Crippen molar-refractivity contribution in [1.29, 1.82) is 0 Å². The second kappa shape index (κ2) is 4.07. The number of methoxy groups -OCH3 is 1. The van der Waals surface area contributed by atoms with Crippen molar-refractivity contribution in [2.24, 2.45) is 5.73 Å². The van der Waals surface area contributed by atoms with Crippen molar-refractivity contribution in [3.63, 3.8) is 0 Å². The Bertz CT molecular complexity index is 182. The third-order valence-electron chi connectivity index (χ3n) is 1.46. The Hall–Kier alpha value is -0.610. The molecular weight excluding hydrogens is 170 g/mol. The van der Waals surface area contributed by atoms with E-state index >= 15 is 0 Å². The summed E-state index contributed by atoms with van der Waals surface area (Å²) in [6.45, 7) is 7.45. The first-order valence-electron chi connectivity index (χ1n) is 4.20. The van der Waals surface area contributed by atoms with E-state index in [9.17, 15) is 4.79 Å². The minimum atomic E-state index is -1.07. The van der Waals surface area contributed by atoms with Crippen molar-refractivity contribution in [3.05, 3.63) is 0 Å². The molecule has 0 aromatic rings. The highest BCUT2D eigenvalue weighted by Gasteiger charge is 2.31. The smallest absolute Gasteiger partial charge is 0.327 e. The summed E-state index contributed by atoms with van der Waals surface area (Å²) in [5.74, 6) is -0.461. The van der Waals surface area contributed by atoms with Crippen molar-refractivity contribution in [2.45, 2.75) is 38.8 Å². The van der Waals surface area contributed by atoms with E-state index in [2.05, 4.69) is 4.74 Å². The Balaban J connectivity index is 4.11. The van der Waals surface area contributed by atoms with Crippen molar-refractivity contribution < 1.29 is 14.3 Å². The van der Waals surface area contributed by atoms with Gasteiger partial charge in [0.15, 0.2) is 0 Å². The molecule has 0 spiro atoms. The van der Waals surface area contributed by atoms with Gasteiger partial charge in [-0.2, -0.15) is 0 Å². The van der Waals surface area contributed by atoms with Crippen LogP contribution >= 0.6 is 0 Å². The average Bonchev–Trinajstić information content (AvgIpc) is 1.98. The fourth-order valence-corrected chi connectivity index (χ4v) is 0.659. The van der Waals surface area contributed by atoms with Crippen LogP contribution in [0.15, 0.2) is 0 Å². The Morgan fingerprint density at radius 1 is 1.31 bits per heavy atom. The molecule has 0 radical (unpaired) electrons. The molecular formula is C9H19NO3. The number of hydrogen-bond donors (Lipinski definition) is 1. The zero-order chi connectivity index (χ0) is 10.7. The molecule has 0 fully saturated rings. The Morgan fingerprint density at radius 3 is 2.08 bits per heavy atom. The molecule has 4 nitrogen and oxygen atoms in total. The number of rotatable bonds is 3. The van der Waals surface area contributed by atoms with Gasteiger partial charge >= 0.3 is 5.97 Å². The van der Waals surface area contributed by atoms with Crippen LogP contribution in [0.5, 0.6) is 0 Å². The highest BCUT2D eigenvalue weighted by atomic mass is 16.5. The van der Waals surface area contributed by atoms with Gasteiger partial charge in [0.2, 0.25) is 0 Å². The second-order valence-corrected chi connectivity index (χ2v) is 4.31. The molecule has 0 amide bonds. The highest BCUT2D eigenvalue weighted by molar-refractivity contribution is 5.80. The predicted molar refractivity (Wildman–Crippen MR) is 50.3 cm³/mol. The summed E-state index contributed by atoms with van der Waals surface area (Å²) >= 11 is 0. The van der Waals surface area contributed by atoms with Crippen LogP contribution < -0.4 is 5.73 Å². The van der Waals surface area contributed by atoms with Crippen molar-refractivity contribution in [1.82, 2.24) is 0 Å². The van der Waals surface area contributed by atoms with Gasteiger partial charge in [0.25, 0.3) is 0 Å². The fourth-order valence-electron chi connectivity index (χ4n) is 0.659. The van der Waals surface area contributed by atoms with E-state index < -0.39 is 11.5 Å². The summed E-state index contributed by atoms with van der Waals surface area (Å²) in [7, 11) is 1.31. The summed E-state index contributed by atoms with van der Waals surface area (Å²) in [5, 5.41) is 0. The van der Waals surface area contributed by atoms with Crippen LogP contribution in [0.4, 0.5) is 0 Å². The van der Waals surface area contributed by atoms with E-state index in [4.69, 9.17) is 10.5 Å². The molecule has 0 heterocycles. The van der Waals surface area contributed by atoms with Gasteiger partial charge < -0.3 is 15.2 Å². The first kappa shape index (κ1) is 12.4. The molecule has 1 atom stereocenters. The van der Waals surface area contributed by atoms with Crippen LogP contribution in [-0.4, -0.2) is 30.8 Å². The third-order valence-corrected chi connectivity index (χ3v) is 1.46. The topological polar surface area (TPSA) is 61.5 Å². The lowest BCUT2D eigenvalue weighted by molar-refractivity contribution is -0.150. The van der Waals surface area contributed by atoms with Gasteiger partial charge in [0.05, 0.1) is 19.3 Å². The lowest BCUT2D eigenvalue weighted by Crippen LogP contribution is -2.51. The maximum Gasteiger partial charge on any atom is 0.327 e. The molecule has 0 bridgehead atoms. The van der Waals surface area contributed by atoms with E-state index in [1.165, 1.54) is 7.11 Å². The summed E-state index contributed by atoms with van der Waals surface area (Å²) in [4.78, 5) is 11.1. The van der Waals surface area contributed by atoms with E-state index in [1.807, 2.05) is 20.8 Å².